The van der Waals surface area contributed by atoms with Gasteiger partial charge < -0.3 is 15.4 Å². The van der Waals surface area contributed by atoms with Gasteiger partial charge in [-0.3, -0.25) is 9.59 Å². The van der Waals surface area contributed by atoms with Gasteiger partial charge in [0.15, 0.2) is 4.67 Å². The largest absolute Gasteiger partial charge is 0.454 e. The van der Waals surface area contributed by atoms with Gasteiger partial charge in [0.05, 0.1) is 29.2 Å². The maximum absolute atomic E-state index is 13.4. The van der Waals surface area contributed by atoms with Gasteiger partial charge in [-0.05, 0) is 54.8 Å². The van der Waals surface area contributed by atoms with E-state index in [2.05, 4.69) is 32.7 Å². The number of hydrogen-bond acceptors (Lipinski definition) is 5. The smallest absolute Gasteiger partial charge is 0.256 e. The van der Waals surface area contributed by atoms with Crippen LogP contribution in [0.4, 0.5) is 0 Å². The molecule has 2 aromatic rings. The fraction of sp³-hybridized carbons (Fsp3) is 0.333. The molecule has 2 amide bonds. The minimum absolute atomic E-state index is 0.0616. The summed E-state index contributed by atoms with van der Waals surface area (Å²) in [4.78, 5) is 28.0. The molecule has 0 radical (unpaired) electrons. The number of nitrogens with two attached hydrogens (primary N) is 1. The summed E-state index contributed by atoms with van der Waals surface area (Å²) in [7, 11) is 0. The molecular weight excluding hydrogens is 450 g/mol. The van der Waals surface area contributed by atoms with Gasteiger partial charge >= 0.3 is 0 Å². The van der Waals surface area contributed by atoms with E-state index in [1.807, 2.05) is 30.0 Å². The van der Waals surface area contributed by atoms with Gasteiger partial charge in [0, 0.05) is 18.5 Å². The SMILES string of the molecule is C=C(O/C(Br)=C(\C)C(N)=O)C1CC[C@@H](C)N(C(=O)c2ccccc2-n2nccn2)C1. The molecule has 0 spiro atoms. The second kappa shape index (κ2) is 9.25. The number of aromatic nitrogens is 3. The summed E-state index contributed by atoms with van der Waals surface area (Å²) in [5.41, 5.74) is 6.71. The number of hydrogen-bond donors (Lipinski definition) is 1. The number of likely N-dealkylation sites (tertiary alicyclic amines) is 1. The Labute approximate surface area is 183 Å². The number of benzene rings is 1. The molecular formula is C21H24BrN5O3. The average Bonchev–Trinajstić information content (AvgIpc) is 3.27. The number of ether oxygens (including phenoxy) is 1. The van der Waals surface area contributed by atoms with Crippen LogP contribution in [0, 0.1) is 5.92 Å². The van der Waals surface area contributed by atoms with Crippen LogP contribution in [0.5, 0.6) is 0 Å². The van der Waals surface area contributed by atoms with Crippen LogP contribution in [0.3, 0.4) is 0 Å². The van der Waals surface area contributed by atoms with Crippen LogP contribution >= 0.6 is 15.9 Å². The highest BCUT2D eigenvalue weighted by Crippen LogP contribution is 2.31. The Balaban J connectivity index is 1.80. The van der Waals surface area contributed by atoms with E-state index in [0.717, 1.165) is 12.8 Å². The van der Waals surface area contributed by atoms with Gasteiger partial charge in [0.1, 0.15) is 5.76 Å². The summed E-state index contributed by atoms with van der Waals surface area (Å²) in [6.45, 7) is 8.06. The first-order valence-corrected chi connectivity index (χ1v) is 10.4. The lowest BCUT2D eigenvalue weighted by atomic mass is 9.91. The van der Waals surface area contributed by atoms with E-state index in [9.17, 15) is 9.59 Å². The molecule has 2 heterocycles. The first-order valence-electron chi connectivity index (χ1n) is 9.59. The van der Waals surface area contributed by atoms with Gasteiger partial charge in [-0.2, -0.15) is 15.0 Å². The summed E-state index contributed by atoms with van der Waals surface area (Å²) in [6.07, 6.45) is 4.77. The molecule has 2 N–H and O–H groups in total. The third-order valence-electron chi connectivity index (χ3n) is 5.25. The number of carbonyl (C=O) groups excluding carboxylic acids is 2. The van der Waals surface area contributed by atoms with E-state index in [0.29, 0.717) is 23.6 Å². The monoisotopic (exact) mass is 473 g/mol. The second-order valence-corrected chi connectivity index (χ2v) is 7.97. The Hall–Kier alpha value is -2.94. The molecule has 0 aliphatic carbocycles. The number of amides is 2. The predicted octanol–water partition coefficient (Wildman–Crippen LogP) is 3.15. The van der Waals surface area contributed by atoms with Crippen LogP contribution in [0.15, 0.2) is 59.2 Å². The molecule has 1 aliphatic heterocycles. The van der Waals surface area contributed by atoms with Crippen molar-refractivity contribution in [2.45, 2.75) is 32.7 Å². The van der Waals surface area contributed by atoms with Gasteiger partial charge in [-0.15, -0.1) is 0 Å². The maximum Gasteiger partial charge on any atom is 0.256 e. The Morgan fingerprint density at radius 1 is 1.23 bits per heavy atom. The quantitative estimate of drug-likeness (QED) is 0.512. The van der Waals surface area contributed by atoms with Crippen molar-refractivity contribution >= 4 is 27.7 Å². The molecule has 9 heteroatoms. The first kappa shape index (κ1) is 21.8. The molecule has 1 aromatic carbocycles. The van der Waals surface area contributed by atoms with Gasteiger partial charge in [-0.25, -0.2) is 0 Å². The molecule has 1 fully saturated rings. The summed E-state index contributed by atoms with van der Waals surface area (Å²) in [5.74, 6) is -0.272. The summed E-state index contributed by atoms with van der Waals surface area (Å²) in [6, 6.07) is 7.32. The minimum Gasteiger partial charge on any atom is -0.454 e. The molecule has 0 bridgehead atoms. The first-order chi connectivity index (χ1) is 14.3. The molecule has 2 atom stereocenters. The number of rotatable bonds is 6. The number of nitrogens with zero attached hydrogens (tertiary/aromatic N) is 4. The van der Waals surface area contributed by atoms with E-state index in [1.165, 1.54) is 4.80 Å². The zero-order chi connectivity index (χ0) is 21.8. The molecule has 158 valence electrons. The van der Waals surface area contributed by atoms with Crippen molar-refractivity contribution in [3.8, 4) is 5.69 Å². The molecule has 1 unspecified atom stereocenters. The van der Waals surface area contributed by atoms with Crippen LogP contribution in [0.25, 0.3) is 5.69 Å². The van der Waals surface area contributed by atoms with Crippen LogP contribution < -0.4 is 5.73 Å². The number of halogens is 1. The molecule has 1 aliphatic rings. The van der Waals surface area contributed by atoms with Crippen LogP contribution in [0.2, 0.25) is 0 Å². The van der Waals surface area contributed by atoms with Gasteiger partial charge in [0.2, 0.25) is 5.91 Å². The summed E-state index contributed by atoms with van der Waals surface area (Å²) in [5, 5.41) is 8.31. The van der Waals surface area contributed by atoms with Crippen LogP contribution in [-0.2, 0) is 9.53 Å². The third kappa shape index (κ3) is 4.62. The standard InChI is InChI=1S/C21H24BrN5O3/c1-13-8-9-16(15(3)30-19(22)14(2)20(23)28)12-26(13)21(29)17-6-4-5-7-18(17)27-24-10-11-25-27/h4-7,10-11,13,16H,3,8-9,12H2,1-2H3,(H2,23,28)/b19-14+/t13-,16?/m1/s1. The molecule has 0 saturated carbocycles. The molecule has 30 heavy (non-hydrogen) atoms. The van der Waals surface area contributed by atoms with Crippen molar-refractivity contribution < 1.29 is 14.3 Å². The maximum atomic E-state index is 13.4. The zero-order valence-corrected chi connectivity index (χ0v) is 18.5. The number of carbonyl (C=O) groups is 2. The van der Waals surface area contributed by atoms with Gasteiger partial charge in [-0.1, -0.05) is 18.7 Å². The predicted molar refractivity (Wildman–Crippen MR) is 116 cm³/mol. The number of piperidine rings is 1. The number of para-hydroxylation sites is 1. The highest BCUT2D eigenvalue weighted by Gasteiger charge is 2.33. The second-order valence-electron chi connectivity index (χ2n) is 7.25. The lowest BCUT2D eigenvalue weighted by molar-refractivity contribution is -0.114. The highest BCUT2D eigenvalue weighted by molar-refractivity contribution is 9.11. The summed E-state index contributed by atoms with van der Waals surface area (Å²) >= 11 is 3.23. The number of primary amides is 1. The third-order valence-corrected chi connectivity index (χ3v) is 6.01. The van der Waals surface area contributed by atoms with Crippen molar-refractivity contribution in [3.05, 3.63) is 64.8 Å². The van der Waals surface area contributed by atoms with Crippen molar-refractivity contribution in [2.24, 2.45) is 11.7 Å². The molecule has 8 nitrogen and oxygen atoms in total. The Bertz CT molecular complexity index is 986. The molecule has 3 rings (SSSR count). The van der Waals surface area contributed by atoms with E-state index >= 15 is 0 Å². The van der Waals surface area contributed by atoms with Crippen LogP contribution in [0.1, 0.15) is 37.0 Å². The molecule has 1 aromatic heterocycles. The van der Waals surface area contributed by atoms with E-state index in [1.54, 1.807) is 25.4 Å². The van der Waals surface area contributed by atoms with Crippen molar-refractivity contribution in [3.63, 3.8) is 0 Å². The topological polar surface area (TPSA) is 103 Å². The normalized spacial score (nSPS) is 19.8. The van der Waals surface area contributed by atoms with Crippen molar-refractivity contribution in [1.29, 1.82) is 0 Å². The zero-order valence-electron chi connectivity index (χ0n) is 16.9. The molecule has 1 saturated heterocycles. The summed E-state index contributed by atoms with van der Waals surface area (Å²) < 4.78 is 5.95. The minimum atomic E-state index is -0.576. The van der Waals surface area contributed by atoms with Crippen molar-refractivity contribution in [1.82, 2.24) is 19.9 Å². The Kier molecular flexibility index (Phi) is 6.71. The fourth-order valence-electron chi connectivity index (χ4n) is 3.35. The highest BCUT2D eigenvalue weighted by atomic mass is 79.9. The van der Waals surface area contributed by atoms with E-state index in [4.69, 9.17) is 10.5 Å². The van der Waals surface area contributed by atoms with E-state index < -0.39 is 5.91 Å². The van der Waals surface area contributed by atoms with E-state index in [-0.39, 0.29) is 28.1 Å². The van der Waals surface area contributed by atoms with Gasteiger partial charge in [0.25, 0.3) is 5.91 Å². The lowest BCUT2D eigenvalue weighted by Gasteiger charge is -2.38. The van der Waals surface area contributed by atoms with Crippen LogP contribution in [-0.4, -0.2) is 44.3 Å². The fourth-order valence-corrected chi connectivity index (χ4v) is 3.75. The van der Waals surface area contributed by atoms with Crippen molar-refractivity contribution in [2.75, 3.05) is 6.54 Å². The Morgan fingerprint density at radius 2 is 1.90 bits per heavy atom. The lowest BCUT2D eigenvalue weighted by Crippen LogP contribution is -2.46. The Morgan fingerprint density at radius 3 is 2.57 bits per heavy atom. The average molecular weight is 474 g/mol.